The smallest absolute Gasteiger partial charge is 0.191 e. The molecule has 1 saturated carbocycles. The first-order chi connectivity index (χ1) is 12.4. The Morgan fingerprint density at radius 3 is 2.35 bits per heavy atom. The molecule has 0 heterocycles. The fourth-order valence-corrected chi connectivity index (χ4v) is 3.45. The van der Waals surface area contributed by atoms with E-state index in [2.05, 4.69) is 41.6 Å². The van der Waals surface area contributed by atoms with E-state index >= 15 is 0 Å². The molecule has 146 valence electrons. The molecule has 5 nitrogen and oxygen atoms in total. The molecule has 26 heavy (non-hydrogen) atoms. The highest BCUT2D eigenvalue weighted by Crippen LogP contribution is 2.43. The molecule has 1 fully saturated rings. The molecule has 0 saturated heterocycles. The molecule has 5 heteroatoms. The van der Waals surface area contributed by atoms with Gasteiger partial charge in [-0.3, -0.25) is 4.99 Å². The Morgan fingerprint density at radius 2 is 1.85 bits per heavy atom. The Bertz CT molecular complexity index is 577. The Hall–Kier alpha value is -1.75. The van der Waals surface area contributed by atoms with Gasteiger partial charge >= 0.3 is 0 Å². The van der Waals surface area contributed by atoms with Gasteiger partial charge in [-0.2, -0.15) is 0 Å². The molecular formula is C21H35N3O2. The van der Waals surface area contributed by atoms with Crippen LogP contribution in [0.1, 0.15) is 45.1 Å². The van der Waals surface area contributed by atoms with E-state index in [1.54, 1.807) is 14.2 Å². The van der Waals surface area contributed by atoms with Crippen LogP contribution in [0, 0.1) is 5.41 Å². The molecule has 0 aromatic heterocycles. The Kier molecular flexibility index (Phi) is 7.33. The van der Waals surface area contributed by atoms with E-state index in [4.69, 9.17) is 9.47 Å². The second kappa shape index (κ2) is 9.26. The maximum atomic E-state index is 5.28. The molecule has 0 bridgehead atoms. The molecule has 0 aliphatic heterocycles. The van der Waals surface area contributed by atoms with Gasteiger partial charge in [0.15, 0.2) is 5.96 Å². The van der Waals surface area contributed by atoms with Gasteiger partial charge in [-0.1, -0.05) is 32.4 Å². The number of guanidine groups is 1. The summed E-state index contributed by atoms with van der Waals surface area (Å²) >= 11 is 0. The second-order valence-corrected chi connectivity index (χ2v) is 7.99. The highest BCUT2D eigenvalue weighted by atomic mass is 16.5. The molecule has 2 N–H and O–H groups in total. The monoisotopic (exact) mass is 361 g/mol. The topological polar surface area (TPSA) is 54.9 Å². The molecule has 0 radical (unpaired) electrons. The van der Waals surface area contributed by atoms with Crippen LogP contribution in [-0.2, 0) is 10.2 Å². The third-order valence-electron chi connectivity index (χ3n) is 5.67. The molecule has 1 aromatic carbocycles. The van der Waals surface area contributed by atoms with Crippen LogP contribution < -0.4 is 15.4 Å². The predicted octanol–water partition coefficient (Wildman–Crippen LogP) is 3.34. The minimum Gasteiger partial charge on any atom is -0.497 e. The number of rotatable bonds is 9. The SMILES string of the molecule is CN=C(NCC1(CCOC)CCC1)NCC(C)(C)c1ccc(OC)cc1. The summed E-state index contributed by atoms with van der Waals surface area (Å²) in [5, 5.41) is 7.02. The van der Waals surface area contributed by atoms with Crippen LogP contribution in [0.15, 0.2) is 29.3 Å². The van der Waals surface area contributed by atoms with Gasteiger partial charge in [0.2, 0.25) is 0 Å². The highest BCUT2D eigenvalue weighted by Gasteiger charge is 2.36. The first-order valence-electron chi connectivity index (χ1n) is 9.53. The summed E-state index contributed by atoms with van der Waals surface area (Å²) < 4.78 is 10.5. The molecule has 1 aliphatic rings. The van der Waals surface area contributed by atoms with Crippen LogP contribution in [-0.4, -0.2) is 46.9 Å². The zero-order valence-corrected chi connectivity index (χ0v) is 17.0. The number of methoxy groups -OCH3 is 2. The van der Waals surface area contributed by atoms with Crippen molar-refractivity contribution in [3.05, 3.63) is 29.8 Å². The standard InChI is InChI=1S/C21H35N3O2/c1-20(2,17-7-9-18(26-5)10-8-17)15-23-19(22-3)24-16-21(11-6-12-21)13-14-25-4/h7-10H,6,11-16H2,1-5H3,(H2,22,23,24). The Morgan fingerprint density at radius 1 is 1.15 bits per heavy atom. The molecule has 0 spiro atoms. The van der Waals surface area contributed by atoms with Crippen LogP contribution in [0.5, 0.6) is 5.75 Å². The number of aliphatic imine (C=N–C) groups is 1. The van der Waals surface area contributed by atoms with Crippen LogP contribution >= 0.6 is 0 Å². The molecule has 2 rings (SSSR count). The highest BCUT2D eigenvalue weighted by molar-refractivity contribution is 5.79. The van der Waals surface area contributed by atoms with Gasteiger partial charge < -0.3 is 20.1 Å². The van der Waals surface area contributed by atoms with E-state index in [0.717, 1.165) is 37.8 Å². The van der Waals surface area contributed by atoms with Gasteiger partial charge in [0.25, 0.3) is 0 Å². The molecular weight excluding hydrogens is 326 g/mol. The van der Waals surface area contributed by atoms with E-state index in [-0.39, 0.29) is 5.41 Å². The first kappa shape index (κ1) is 20.6. The van der Waals surface area contributed by atoms with Gasteiger partial charge in [0.1, 0.15) is 5.75 Å². The van der Waals surface area contributed by atoms with Crippen molar-refractivity contribution in [2.24, 2.45) is 10.4 Å². The number of ether oxygens (including phenoxy) is 2. The van der Waals surface area contributed by atoms with E-state index in [1.807, 2.05) is 19.2 Å². The summed E-state index contributed by atoms with van der Waals surface area (Å²) in [4.78, 5) is 4.40. The molecule has 0 unspecified atom stereocenters. The largest absolute Gasteiger partial charge is 0.497 e. The lowest BCUT2D eigenvalue weighted by Gasteiger charge is -2.42. The second-order valence-electron chi connectivity index (χ2n) is 7.99. The molecule has 1 aromatic rings. The summed E-state index contributed by atoms with van der Waals surface area (Å²) in [6.45, 7) is 7.07. The van der Waals surface area contributed by atoms with Crippen molar-refractivity contribution in [2.75, 3.05) is 41.0 Å². The van der Waals surface area contributed by atoms with Gasteiger partial charge in [-0.05, 0) is 42.4 Å². The van der Waals surface area contributed by atoms with E-state index < -0.39 is 0 Å². The molecule has 1 aliphatic carbocycles. The van der Waals surface area contributed by atoms with Crippen molar-refractivity contribution in [3.63, 3.8) is 0 Å². The van der Waals surface area contributed by atoms with Crippen LogP contribution in [0.2, 0.25) is 0 Å². The average Bonchev–Trinajstić information content (AvgIpc) is 2.62. The lowest BCUT2D eigenvalue weighted by atomic mass is 9.67. The third-order valence-corrected chi connectivity index (χ3v) is 5.67. The number of nitrogens with one attached hydrogen (secondary N) is 2. The summed E-state index contributed by atoms with van der Waals surface area (Å²) in [7, 11) is 5.30. The molecule has 0 atom stereocenters. The van der Waals surface area contributed by atoms with Crippen LogP contribution in [0.3, 0.4) is 0 Å². The van der Waals surface area contributed by atoms with E-state index in [1.165, 1.54) is 24.8 Å². The Balaban J connectivity index is 1.87. The first-order valence-corrected chi connectivity index (χ1v) is 9.53. The average molecular weight is 362 g/mol. The molecule has 0 amide bonds. The number of hydrogen-bond donors (Lipinski definition) is 2. The summed E-state index contributed by atoms with van der Waals surface area (Å²) in [6, 6.07) is 8.29. The summed E-state index contributed by atoms with van der Waals surface area (Å²) in [5.41, 5.74) is 1.64. The Labute approximate surface area is 158 Å². The lowest BCUT2D eigenvalue weighted by molar-refractivity contribution is 0.0732. The number of benzene rings is 1. The van der Waals surface area contributed by atoms with Gasteiger partial charge in [0, 0.05) is 39.3 Å². The minimum absolute atomic E-state index is 0.00585. The normalized spacial score (nSPS) is 16.7. The van der Waals surface area contributed by atoms with Gasteiger partial charge in [0.05, 0.1) is 7.11 Å². The number of hydrogen-bond acceptors (Lipinski definition) is 3. The quantitative estimate of drug-likeness (QED) is 0.523. The van der Waals surface area contributed by atoms with Crippen molar-refractivity contribution in [1.29, 1.82) is 0 Å². The predicted molar refractivity (Wildman–Crippen MR) is 108 cm³/mol. The van der Waals surface area contributed by atoms with Crippen molar-refractivity contribution in [3.8, 4) is 5.75 Å². The van der Waals surface area contributed by atoms with Crippen molar-refractivity contribution in [1.82, 2.24) is 10.6 Å². The van der Waals surface area contributed by atoms with E-state index in [9.17, 15) is 0 Å². The zero-order chi connectivity index (χ0) is 19.0. The van der Waals surface area contributed by atoms with Gasteiger partial charge in [-0.25, -0.2) is 0 Å². The zero-order valence-electron chi connectivity index (χ0n) is 17.0. The van der Waals surface area contributed by atoms with Gasteiger partial charge in [-0.15, -0.1) is 0 Å². The van der Waals surface area contributed by atoms with E-state index in [0.29, 0.717) is 5.41 Å². The lowest BCUT2D eigenvalue weighted by Crippen LogP contribution is -2.49. The van der Waals surface area contributed by atoms with Crippen molar-refractivity contribution in [2.45, 2.75) is 44.9 Å². The van der Waals surface area contributed by atoms with Crippen molar-refractivity contribution >= 4 is 5.96 Å². The fourth-order valence-electron chi connectivity index (χ4n) is 3.45. The summed E-state index contributed by atoms with van der Waals surface area (Å²) in [6.07, 6.45) is 4.99. The van der Waals surface area contributed by atoms with Crippen LogP contribution in [0.25, 0.3) is 0 Å². The fraction of sp³-hybridized carbons (Fsp3) is 0.667. The van der Waals surface area contributed by atoms with Crippen LogP contribution in [0.4, 0.5) is 0 Å². The summed E-state index contributed by atoms with van der Waals surface area (Å²) in [5.74, 6) is 1.76. The third kappa shape index (κ3) is 5.37. The van der Waals surface area contributed by atoms with Crippen molar-refractivity contribution < 1.29 is 9.47 Å². The number of nitrogens with zero attached hydrogens (tertiary/aromatic N) is 1. The maximum absolute atomic E-state index is 5.28. The minimum atomic E-state index is -0.00585. The maximum Gasteiger partial charge on any atom is 0.191 e.